The van der Waals surface area contributed by atoms with E-state index in [0.29, 0.717) is 0 Å². The third-order valence-corrected chi connectivity index (χ3v) is 12.2. The van der Waals surface area contributed by atoms with Gasteiger partial charge in [0.1, 0.15) is 22.3 Å². The summed E-state index contributed by atoms with van der Waals surface area (Å²) in [7, 11) is 0. The lowest BCUT2D eigenvalue weighted by Crippen LogP contribution is -1.92. The van der Waals surface area contributed by atoms with Crippen molar-refractivity contribution in [1.29, 1.82) is 0 Å². The lowest BCUT2D eigenvalue weighted by atomic mass is 9.83. The first-order valence-corrected chi connectivity index (χ1v) is 19.3. The van der Waals surface area contributed by atoms with Crippen molar-refractivity contribution in [3.8, 4) is 22.3 Å². The molecule has 0 spiro atoms. The van der Waals surface area contributed by atoms with Gasteiger partial charge in [0.2, 0.25) is 0 Å². The van der Waals surface area contributed by atoms with E-state index in [4.69, 9.17) is 8.83 Å². The lowest BCUT2D eigenvalue weighted by Gasteiger charge is -2.19. The van der Waals surface area contributed by atoms with E-state index < -0.39 is 0 Å². The SMILES string of the molecule is c1ccc2cc3c(ccc4c(-c5c6ccccc6c(-c6cc7ccc8oc9ccccc9c8c7c7c6oc6ccccc67)c6ccccc56)cccc43)cc2c1. The van der Waals surface area contributed by atoms with Gasteiger partial charge in [0.25, 0.3) is 0 Å². The summed E-state index contributed by atoms with van der Waals surface area (Å²) in [6.45, 7) is 0. The predicted octanol–water partition coefficient (Wildman–Crippen LogP) is 15.7. The second-order valence-electron chi connectivity index (χ2n) is 15.1. The molecule has 2 nitrogen and oxygen atoms in total. The molecule has 56 heavy (non-hydrogen) atoms. The van der Waals surface area contributed by atoms with Crippen LogP contribution in [0.1, 0.15) is 0 Å². The van der Waals surface area contributed by atoms with Gasteiger partial charge in [-0.3, -0.25) is 0 Å². The van der Waals surface area contributed by atoms with Gasteiger partial charge in [-0.25, -0.2) is 0 Å². The molecule has 258 valence electrons. The first kappa shape index (κ1) is 30.0. The molecule has 0 aliphatic heterocycles. The van der Waals surface area contributed by atoms with Crippen LogP contribution in [-0.2, 0) is 0 Å². The zero-order valence-electron chi connectivity index (χ0n) is 30.1. The molecule has 0 bridgehead atoms. The van der Waals surface area contributed by atoms with Gasteiger partial charge < -0.3 is 8.83 Å². The molecule has 11 aromatic carbocycles. The monoisotopic (exact) mass is 710 g/mol. The van der Waals surface area contributed by atoms with Crippen LogP contribution in [0.15, 0.2) is 191 Å². The quantitative estimate of drug-likeness (QED) is 0.132. The average molecular weight is 711 g/mol. The van der Waals surface area contributed by atoms with E-state index in [1.807, 2.05) is 6.07 Å². The van der Waals surface area contributed by atoms with Crippen LogP contribution < -0.4 is 0 Å². The second kappa shape index (κ2) is 11.1. The summed E-state index contributed by atoms with van der Waals surface area (Å²) in [6, 6.07) is 66.1. The van der Waals surface area contributed by atoms with Crippen LogP contribution in [0, 0.1) is 0 Å². The normalized spacial score (nSPS) is 12.3. The molecule has 2 heterocycles. The van der Waals surface area contributed by atoms with Gasteiger partial charge in [0, 0.05) is 38.1 Å². The van der Waals surface area contributed by atoms with E-state index >= 15 is 0 Å². The molecule has 0 aliphatic rings. The van der Waals surface area contributed by atoms with Crippen LogP contribution in [0.5, 0.6) is 0 Å². The number of rotatable bonds is 2. The smallest absolute Gasteiger partial charge is 0.143 e. The Morgan fingerprint density at radius 1 is 0.250 bits per heavy atom. The molecular weight excluding hydrogens is 681 g/mol. The Kier molecular flexibility index (Phi) is 5.92. The Hall–Kier alpha value is -7.42. The fourth-order valence-corrected chi connectivity index (χ4v) is 9.82. The van der Waals surface area contributed by atoms with Gasteiger partial charge in [0.05, 0.1) is 0 Å². The van der Waals surface area contributed by atoms with Crippen LogP contribution >= 0.6 is 0 Å². The van der Waals surface area contributed by atoms with Crippen LogP contribution in [0.2, 0.25) is 0 Å². The standard InChI is InChI=1S/C54H30O2/c1-2-13-32-29-44-33(28-31(32)12-1)24-26-36-35(44)20-11-21-37(36)50-38-14-3-5-16-40(38)51(41-17-6-4-15-39(41)50)45-30-34-25-27-48-52(42-18-7-9-22-46(42)55-48)49(34)53-43-19-8-10-23-47(43)56-54(45)53/h1-30H. The zero-order valence-corrected chi connectivity index (χ0v) is 30.1. The van der Waals surface area contributed by atoms with Crippen LogP contribution in [0.25, 0.3) is 131 Å². The molecule has 13 rings (SSSR count). The van der Waals surface area contributed by atoms with Crippen molar-refractivity contribution < 1.29 is 8.83 Å². The number of para-hydroxylation sites is 2. The molecule has 0 aliphatic carbocycles. The van der Waals surface area contributed by atoms with E-state index in [-0.39, 0.29) is 0 Å². The summed E-state index contributed by atoms with van der Waals surface area (Å²) in [4.78, 5) is 0. The number of hydrogen-bond acceptors (Lipinski definition) is 2. The maximum Gasteiger partial charge on any atom is 0.143 e. The number of benzene rings is 11. The van der Waals surface area contributed by atoms with Gasteiger partial charge in [-0.15, -0.1) is 0 Å². The fourth-order valence-electron chi connectivity index (χ4n) is 9.82. The topological polar surface area (TPSA) is 26.3 Å². The summed E-state index contributed by atoms with van der Waals surface area (Å²) in [5.41, 5.74) is 8.30. The fraction of sp³-hybridized carbons (Fsp3) is 0. The van der Waals surface area contributed by atoms with Gasteiger partial charge >= 0.3 is 0 Å². The van der Waals surface area contributed by atoms with Crippen LogP contribution in [0.3, 0.4) is 0 Å². The molecule has 2 heteroatoms. The summed E-state index contributed by atoms with van der Waals surface area (Å²) in [5.74, 6) is 0. The highest BCUT2D eigenvalue weighted by Gasteiger charge is 2.24. The molecule has 0 N–H and O–H groups in total. The summed E-state index contributed by atoms with van der Waals surface area (Å²) in [6.07, 6.45) is 0. The van der Waals surface area contributed by atoms with Crippen LogP contribution in [0.4, 0.5) is 0 Å². The molecule has 0 saturated carbocycles. The van der Waals surface area contributed by atoms with Crippen molar-refractivity contribution in [3.63, 3.8) is 0 Å². The molecule has 2 aromatic heterocycles. The van der Waals surface area contributed by atoms with Crippen molar-refractivity contribution in [3.05, 3.63) is 182 Å². The predicted molar refractivity (Wildman–Crippen MR) is 237 cm³/mol. The first-order valence-electron chi connectivity index (χ1n) is 19.3. The van der Waals surface area contributed by atoms with E-state index in [2.05, 4.69) is 176 Å². The van der Waals surface area contributed by atoms with Crippen molar-refractivity contribution in [2.75, 3.05) is 0 Å². The molecule has 13 aromatic rings. The minimum absolute atomic E-state index is 0.877. The van der Waals surface area contributed by atoms with Crippen molar-refractivity contribution >= 4 is 109 Å². The lowest BCUT2D eigenvalue weighted by molar-refractivity contribution is 0.669. The summed E-state index contributed by atoms with van der Waals surface area (Å²) < 4.78 is 13.4. The molecule has 0 saturated heterocycles. The van der Waals surface area contributed by atoms with E-state index in [1.54, 1.807) is 0 Å². The Morgan fingerprint density at radius 2 is 0.804 bits per heavy atom. The first-order chi connectivity index (χ1) is 27.8. The molecule has 0 radical (unpaired) electrons. The molecule has 0 unspecified atom stereocenters. The maximum atomic E-state index is 6.99. The van der Waals surface area contributed by atoms with Crippen molar-refractivity contribution in [2.24, 2.45) is 0 Å². The van der Waals surface area contributed by atoms with Gasteiger partial charge in [-0.1, -0.05) is 146 Å². The third-order valence-electron chi connectivity index (χ3n) is 12.2. The maximum absolute atomic E-state index is 6.99. The van der Waals surface area contributed by atoms with E-state index in [9.17, 15) is 0 Å². The molecule has 0 amide bonds. The van der Waals surface area contributed by atoms with Crippen molar-refractivity contribution in [1.82, 2.24) is 0 Å². The zero-order chi connectivity index (χ0) is 36.5. The minimum Gasteiger partial charge on any atom is -0.456 e. The van der Waals surface area contributed by atoms with Crippen LogP contribution in [-0.4, -0.2) is 0 Å². The Morgan fingerprint density at radius 3 is 1.52 bits per heavy atom. The molecular formula is C54H30O2. The Bertz CT molecular complexity index is 3770. The molecule has 0 fully saturated rings. The summed E-state index contributed by atoms with van der Waals surface area (Å²) in [5, 5.41) is 19.2. The second-order valence-corrected chi connectivity index (χ2v) is 15.1. The Labute approximate surface area is 320 Å². The Balaban J connectivity index is 1.17. The van der Waals surface area contributed by atoms with E-state index in [0.717, 1.165) is 60.2 Å². The van der Waals surface area contributed by atoms with Gasteiger partial charge in [-0.05, 0) is 107 Å². The number of furan rings is 2. The molecule has 0 atom stereocenters. The minimum atomic E-state index is 0.877. The van der Waals surface area contributed by atoms with E-state index in [1.165, 1.54) is 70.6 Å². The number of hydrogen-bond donors (Lipinski definition) is 0. The average Bonchev–Trinajstić information content (AvgIpc) is 3.84. The highest BCUT2D eigenvalue weighted by molar-refractivity contribution is 6.35. The van der Waals surface area contributed by atoms with Crippen molar-refractivity contribution in [2.45, 2.75) is 0 Å². The summed E-state index contributed by atoms with van der Waals surface area (Å²) >= 11 is 0. The number of fused-ring (bicyclic) bond motifs is 15. The highest BCUT2D eigenvalue weighted by Crippen LogP contribution is 2.51. The van der Waals surface area contributed by atoms with Gasteiger partial charge in [0.15, 0.2) is 0 Å². The largest absolute Gasteiger partial charge is 0.456 e. The third kappa shape index (κ3) is 4.00. The van der Waals surface area contributed by atoms with Gasteiger partial charge in [-0.2, -0.15) is 0 Å². The highest BCUT2D eigenvalue weighted by atomic mass is 16.3.